The number of ether oxygens (including phenoxy) is 3. The van der Waals surface area contributed by atoms with Gasteiger partial charge in [0, 0.05) is 28.6 Å². The second kappa shape index (κ2) is 11.0. The number of nitrogens with zero attached hydrogens (tertiary/aromatic N) is 5. The molecule has 0 fully saturated rings. The first kappa shape index (κ1) is 28.2. The highest BCUT2D eigenvalue weighted by molar-refractivity contribution is 7.18. The maximum absolute atomic E-state index is 10.8. The molecule has 10 nitrogen and oxygen atoms in total. The van der Waals surface area contributed by atoms with Crippen LogP contribution in [0, 0.1) is 0 Å². The zero-order chi connectivity index (χ0) is 29.6. The van der Waals surface area contributed by atoms with Crippen LogP contribution in [-0.2, 0) is 6.61 Å². The Morgan fingerprint density at radius 3 is 2.55 bits per heavy atom. The van der Waals surface area contributed by atoms with Crippen molar-refractivity contribution in [2.24, 2.45) is 0 Å². The average Bonchev–Trinajstić information content (AvgIpc) is 3.77. The zero-order valence-electron chi connectivity index (χ0n) is 24.1. The Labute approximate surface area is 250 Å². The minimum Gasteiger partial charge on any atom is -0.496 e. The molecule has 218 valence electrons. The second-order valence-corrected chi connectivity index (χ2v) is 12.6. The van der Waals surface area contributed by atoms with Crippen molar-refractivity contribution >= 4 is 38.6 Å². The van der Waals surface area contributed by atoms with Gasteiger partial charge in [0.15, 0.2) is 5.76 Å². The van der Waals surface area contributed by atoms with Crippen molar-refractivity contribution in [3.8, 4) is 38.7 Å². The Morgan fingerprint density at radius 2 is 1.86 bits per heavy atom. The summed E-state index contributed by atoms with van der Waals surface area (Å²) in [6, 6.07) is 13.4. The number of benzene rings is 2. The van der Waals surface area contributed by atoms with E-state index in [1.807, 2.05) is 59.8 Å². The Kier molecular flexibility index (Phi) is 7.39. The maximum Gasteiger partial charge on any atom is 0.294 e. The van der Waals surface area contributed by atoms with Crippen LogP contribution < -0.4 is 14.2 Å². The van der Waals surface area contributed by atoms with Gasteiger partial charge in [-0.3, -0.25) is 4.90 Å². The van der Waals surface area contributed by atoms with Crippen LogP contribution >= 0.6 is 22.7 Å². The third-order valence-electron chi connectivity index (χ3n) is 7.07. The molecular weight excluding hydrogens is 574 g/mol. The summed E-state index contributed by atoms with van der Waals surface area (Å²) in [5.74, 6) is 1.84. The summed E-state index contributed by atoms with van der Waals surface area (Å²) < 4.78 is 24.7. The number of rotatable bonds is 9. The van der Waals surface area contributed by atoms with Crippen molar-refractivity contribution in [3.63, 3.8) is 0 Å². The minimum absolute atomic E-state index is 0.156. The second-order valence-electron chi connectivity index (χ2n) is 10.8. The normalized spacial score (nSPS) is 12.9. The third kappa shape index (κ3) is 5.45. The number of aliphatic hydroxyl groups is 1. The monoisotopic (exact) mass is 605 g/mol. The van der Waals surface area contributed by atoms with E-state index in [0.717, 1.165) is 27.2 Å². The molecule has 4 heterocycles. The van der Waals surface area contributed by atoms with Gasteiger partial charge in [0.25, 0.3) is 5.19 Å². The molecule has 0 aliphatic heterocycles. The molecule has 0 saturated heterocycles. The first-order valence-corrected chi connectivity index (χ1v) is 14.9. The average molecular weight is 606 g/mol. The molecule has 0 amide bonds. The number of thiazole rings is 1. The third-order valence-corrected chi connectivity index (χ3v) is 8.89. The Bertz CT molecular complexity index is 1820. The number of hydrogen-bond donors (Lipinski definition) is 1. The standard InChI is InChI=1S/C30H31N5O5S2/c1-30(2,3)34(4)27(36)18-9-7-17(8-10-18)26-31-19(16-41-26)15-39-23-11-20(37-5)12-24-21(23)13-25(40-24)22-14-35-28(32-22)42-29(33-35)38-6/h7-14,16,27,36H,15H2,1-6H3. The summed E-state index contributed by atoms with van der Waals surface area (Å²) in [7, 11) is 5.10. The van der Waals surface area contributed by atoms with E-state index in [1.165, 1.54) is 11.3 Å². The van der Waals surface area contributed by atoms with Gasteiger partial charge in [-0.1, -0.05) is 24.3 Å². The predicted octanol–water partition coefficient (Wildman–Crippen LogP) is 6.64. The maximum atomic E-state index is 10.8. The Balaban J connectivity index is 1.20. The predicted molar refractivity (Wildman–Crippen MR) is 164 cm³/mol. The van der Waals surface area contributed by atoms with Gasteiger partial charge in [-0.05, 0) is 50.8 Å². The van der Waals surface area contributed by atoms with Crippen molar-refractivity contribution in [1.29, 1.82) is 0 Å². The van der Waals surface area contributed by atoms with Gasteiger partial charge in [-0.15, -0.1) is 16.4 Å². The molecule has 6 aromatic rings. The number of methoxy groups -OCH3 is 2. The molecule has 0 bridgehead atoms. The highest BCUT2D eigenvalue weighted by Crippen LogP contribution is 2.38. The van der Waals surface area contributed by atoms with Crippen LogP contribution in [-0.4, -0.2) is 56.4 Å². The lowest BCUT2D eigenvalue weighted by Crippen LogP contribution is -2.40. The van der Waals surface area contributed by atoms with E-state index in [2.05, 4.69) is 30.9 Å². The van der Waals surface area contributed by atoms with Gasteiger partial charge in [-0.2, -0.15) is 0 Å². The quantitative estimate of drug-likeness (QED) is 0.181. The molecular formula is C30H31N5O5S2. The lowest BCUT2D eigenvalue weighted by Gasteiger charge is -2.36. The first-order valence-electron chi connectivity index (χ1n) is 13.2. The van der Waals surface area contributed by atoms with Crippen molar-refractivity contribution in [2.45, 2.75) is 39.1 Å². The van der Waals surface area contributed by atoms with Gasteiger partial charge >= 0.3 is 0 Å². The topological polar surface area (TPSA) is 107 Å². The van der Waals surface area contributed by atoms with Crippen LogP contribution in [0.15, 0.2) is 58.5 Å². The molecule has 12 heteroatoms. The number of fused-ring (bicyclic) bond motifs is 2. The Hall–Kier alpha value is -3.97. The number of furan rings is 1. The summed E-state index contributed by atoms with van der Waals surface area (Å²) in [5, 5.41) is 19.3. The van der Waals surface area contributed by atoms with Gasteiger partial charge in [0.2, 0.25) is 4.96 Å². The smallest absolute Gasteiger partial charge is 0.294 e. The largest absolute Gasteiger partial charge is 0.496 e. The van der Waals surface area contributed by atoms with Gasteiger partial charge in [0.05, 0.1) is 31.5 Å². The van der Waals surface area contributed by atoms with E-state index in [1.54, 1.807) is 36.3 Å². The van der Waals surface area contributed by atoms with E-state index < -0.39 is 6.23 Å². The van der Waals surface area contributed by atoms with E-state index in [4.69, 9.17) is 23.6 Å². The van der Waals surface area contributed by atoms with Crippen molar-refractivity contribution in [3.05, 3.63) is 65.3 Å². The zero-order valence-corrected chi connectivity index (χ0v) is 25.7. The number of aromatic nitrogens is 4. The lowest BCUT2D eigenvalue weighted by molar-refractivity contribution is -0.0335. The molecule has 1 N–H and O–H groups in total. The molecule has 4 aromatic heterocycles. The van der Waals surface area contributed by atoms with Gasteiger partial charge in [0.1, 0.15) is 40.6 Å². The number of hydrogen-bond acceptors (Lipinski definition) is 11. The van der Waals surface area contributed by atoms with E-state index >= 15 is 0 Å². The van der Waals surface area contributed by atoms with Crippen LogP contribution in [0.2, 0.25) is 0 Å². The highest BCUT2D eigenvalue weighted by Gasteiger charge is 2.25. The number of imidazole rings is 1. The summed E-state index contributed by atoms with van der Waals surface area (Å²) in [6.45, 7) is 6.49. The summed E-state index contributed by atoms with van der Waals surface area (Å²) in [4.78, 5) is 12.1. The van der Waals surface area contributed by atoms with Crippen molar-refractivity contribution < 1.29 is 23.7 Å². The molecule has 1 atom stereocenters. The molecule has 1 unspecified atom stereocenters. The van der Waals surface area contributed by atoms with Crippen LogP contribution in [0.3, 0.4) is 0 Å². The van der Waals surface area contributed by atoms with Crippen LogP contribution in [0.4, 0.5) is 0 Å². The number of aliphatic hydroxyl groups excluding tert-OH is 1. The van der Waals surface area contributed by atoms with Crippen LogP contribution in [0.5, 0.6) is 16.7 Å². The van der Waals surface area contributed by atoms with Crippen molar-refractivity contribution in [1.82, 2.24) is 24.5 Å². The molecule has 0 saturated carbocycles. The van der Waals surface area contributed by atoms with Crippen LogP contribution in [0.25, 0.3) is 38.0 Å². The fourth-order valence-electron chi connectivity index (χ4n) is 4.38. The highest BCUT2D eigenvalue weighted by atomic mass is 32.1. The van der Waals surface area contributed by atoms with E-state index in [-0.39, 0.29) is 12.1 Å². The Morgan fingerprint density at radius 1 is 1.07 bits per heavy atom. The van der Waals surface area contributed by atoms with E-state index in [0.29, 0.717) is 38.7 Å². The van der Waals surface area contributed by atoms with Crippen molar-refractivity contribution in [2.75, 3.05) is 21.3 Å². The molecule has 42 heavy (non-hydrogen) atoms. The molecule has 0 aliphatic carbocycles. The molecule has 2 aromatic carbocycles. The fourth-order valence-corrected chi connectivity index (χ4v) is 5.89. The SMILES string of the molecule is COc1cc(OCc2csc(-c3ccc(C(O)N(C)C(C)(C)C)cc3)n2)c2cc(-c3cn4nc(OC)sc4n3)oc2c1. The van der Waals surface area contributed by atoms with Crippen LogP contribution in [0.1, 0.15) is 38.3 Å². The summed E-state index contributed by atoms with van der Waals surface area (Å²) in [6.07, 6.45) is 1.12. The molecule has 0 radical (unpaired) electrons. The summed E-state index contributed by atoms with van der Waals surface area (Å²) >= 11 is 2.90. The lowest BCUT2D eigenvalue weighted by atomic mass is 10.0. The molecule has 6 rings (SSSR count). The minimum atomic E-state index is -0.687. The molecule has 0 spiro atoms. The molecule has 0 aliphatic rings. The fraction of sp³-hybridized carbons (Fsp3) is 0.300. The first-order chi connectivity index (χ1) is 20.1. The van der Waals surface area contributed by atoms with Gasteiger partial charge in [-0.25, -0.2) is 14.5 Å². The van der Waals surface area contributed by atoms with Gasteiger partial charge < -0.3 is 23.7 Å². The summed E-state index contributed by atoms with van der Waals surface area (Å²) in [5.41, 5.74) is 3.75. The van der Waals surface area contributed by atoms with E-state index in [9.17, 15) is 5.11 Å².